The Morgan fingerprint density at radius 3 is 2.52 bits per heavy atom. The first-order valence-electron chi connectivity index (χ1n) is 8.66. The third-order valence-corrected chi connectivity index (χ3v) is 4.27. The van der Waals surface area contributed by atoms with Crippen molar-refractivity contribution in [3.8, 4) is 28.8 Å². The van der Waals surface area contributed by atoms with Crippen LogP contribution < -0.4 is 20.5 Å². The molecular weight excluding hydrogens is 370 g/mol. The van der Waals surface area contributed by atoms with E-state index in [0.717, 1.165) is 5.56 Å². The normalized spacial score (nSPS) is 10.6. The minimum Gasteiger partial charge on any atom is -0.497 e. The maximum absolute atomic E-state index is 12.6. The van der Waals surface area contributed by atoms with Gasteiger partial charge in [0.25, 0.3) is 5.56 Å². The molecule has 3 aromatic rings. The molecule has 0 bridgehead atoms. The molecular formula is C21H19N5O3. The maximum Gasteiger partial charge on any atom is 0.273 e. The number of para-hydroxylation sites is 1. The van der Waals surface area contributed by atoms with E-state index in [1.165, 1.54) is 11.6 Å². The van der Waals surface area contributed by atoms with E-state index in [1.807, 2.05) is 30.3 Å². The van der Waals surface area contributed by atoms with E-state index >= 15 is 0 Å². The zero-order chi connectivity index (χ0) is 20.8. The predicted molar refractivity (Wildman–Crippen MR) is 110 cm³/mol. The van der Waals surface area contributed by atoms with Crippen LogP contribution in [0.3, 0.4) is 0 Å². The number of ether oxygens (including phenoxy) is 2. The van der Waals surface area contributed by atoms with Crippen molar-refractivity contribution in [2.24, 2.45) is 12.1 Å². The second kappa shape index (κ2) is 8.71. The summed E-state index contributed by atoms with van der Waals surface area (Å²) in [5.41, 5.74) is 3.91. The van der Waals surface area contributed by atoms with Crippen LogP contribution >= 0.6 is 0 Å². The number of methoxy groups -OCH3 is 2. The molecule has 0 atom stereocenters. The van der Waals surface area contributed by atoms with Gasteiger partial charge < -0.3 is 9.47 Å². The molecule has 1 N–H and O–H groups in total. The fourth-order valence-electron chi connectivity index (χ4n) is 2.69. The van der Waals surface area contributed by atoms with Gasteiger partial charge in [-0.1, -0.05) is 12.1 Å². The molecule has 0 saturated heterocycles. The highest BCUT2D eigenvalue weighted by Crippen LogP contribution is 2.23. The van der Waals surface area contributed by atoms with Gasteiger partial charge in [0, 0.05) is 18.2 Å². The standard InChI is InChI=1S/C21H19N5O3/c1-26-20(27)17(12-22)19(14-8-10-16(28-2)11-9-14)24-21(26)25-23-13-15-6-4-5-7-18(15)29-3/h4-11,13H,1-3H3,(H,24,25)/b23-13+. The number of benzene rings is 2. The largest absolute Gasteiger partial charge is 0.497 e. The number of nitrogens with zero attached hydrogens (tertiary/aromatic N) is 4. The van der Waals surface area contributed by atoms with Crippen LogP contribution in [0.15, 0.2) is 58.4 Å². The Hall–Kier alpha value is -4.12. The number of anilines is 1. The maximum atomic E-state index is 12.6. The van der Waals surface area contributed by atoms with Gasteiger partial charge in [0.05, 0.1) is 26.1 Å². The number of hydrogen-bond donors (Lipinski definition) is 1. The van der Waals surface area contributed by atoms with Gasteiger partial charge in [-0.25, -0.2) is 10.4 Å². The molecule has 8 nitrogen and oxygen atoms in total. The first-order chi connectivity index (χ1) is 14.1. The van der Waals surface area contributed by atoms with Crippen molar-refractivity contribution in [3.63, 3.8) is 0 Å². The molecule has 0 fully saturated rings. The molecule has 8 heteroatoms. The van der Waals surface area contributed by atoms with Gasteiger partial charge in [-0.05, 0) is 36.4 Å². The second-order valence-electron chi connectivity index (χ2n) is 5.98. The van der Waals surface area contributed by atoms with Crippen LogP contribution in [-0.2, 0) is 7.05 Å². The van der Waals surface area contributed by atoms with Gasteiger partial charge >= 0.3 is 0 Å². The minimum absolute atomic E-state index is 0.0445. The summed E-state index contributed by atoms with van der Waals surface area (Å²) in [4.78, 5) is 17.1. The lowest BCUT2D eigenvalue weighted by atomic mass is 10.1. The minimum atomic E-state index is -0.469. The molecule has 0 unspecified atom stereocenters. The average Bonchev–Trinajstić information content (AvgIpc) is 2.77. The Kier molecular flexibility index (Phi) is 5.90. The molecule has 0 spiro atoms. The molecule has 146 valence electrons. The summed E-state index contributed by atoms with van der Waals surface area (Å²) in [6, 6.07) is 16.3. The molecule has 3 rings (SSSR count). The summed E-state index contributed by atoms with van der Waals surface area (Å²) in [7, 11) is 4.66. The van der Waals surface area contributed by atoms with Gasteiger partial charge in [-0.2, -0.15) is 10.4 Å². The molecule has 1 aromatic heterocycles. The summed E-state index contributed by atoms with van der Waals surface area (Å²) in [6.07, 6.45) is 1.57. The summed E-state index contributed by atoms with van der Waals surface area (Å²) < 4.78 is 11.7. The van der Waals surface area contributed by atoms with Crippen LogP contribution in [0.5, 0.6) is 11.5 Å². The lowest BCUT2D eigenvalue weighted by Crippen LogP contribution is -2.24. The van der Waals surface area contributed by atoms with E-state index in [9.17, 15) is 10.1 Å². The van der Waals surface area contributed by atoms with E-state index in [2.05, 4.69) is 15.5 Å². The number of rotatable bonds is 6. The number of nitriles is 1. The monoisotopic (exact) mass is 389 g/mol. The van der Waals surface area contributed by atoms with Crippen LogP contribution in [0, 0.1) is 11.3 Å². The zero-order valence-corrected chi connectivity index (χ0v) is 16.2. The SMILES string of the molecule is COc1ccc(-c2nc(N/N=C/c3ccccc3OC)n(C)c(=O)c2C#N)cc1. The predicted octanol–water partition coefficient (Wildman–Crippen LogP) is 2.78. The third-order valence-electron chi connectivity index (χ3n) is 4.27. The molecule has 29 heavy (non-hydrogen) atoms. The van der Waals surface area contributed by atoms with E-state index in [0.29, 0.717) is 17.1 Å². The Morgan fingerprint density at radius 2 is 1.86 bits per heavy atom. The van der Waals surface area contributed by atoms with Crippen LogP contribution in [0.4, 0.5) is 5.95 Å². The van der Waals surface area contributed by atoms with Crippen molar-refractivity contribution in [3.05, 3.63) is 70.0 Å². The summed E-state index contributed by atoms with van der Waals surface area (Å²) in [5.74, 6) is 1.53. The summed E-state index contributed by atoms with van der Waals surface area (Å²) >= 11 is 0. The molecule has 0 saturated carbocycles. The first kappa shape index (κ1) is 19.6. The highest BCUT2D eigenvalue weighted by molar-refractivity contribution is 5.83. The molecule has 2 aromatic carbocycles. The molecule has 0 amide bonds. The molecule has 0 aliphatic carbocycles. The van der Waals surface area contributed by atoms with Crippen molar-refractivity contribution in [1.29, 1.82) is 5.26 Å². The smallest absolute Gasteiger partial charge is 0.273 e. The molecule has 0 aliphatic heterocycles. The molecule has 0 aliphatic rings. The van der Waals surface area contributed by atoms with Crippen molar-refractivity contribution in [2.75, 3.05) is 19.6 Å². The van der Waals surface area contributed by atoms with Crippen molar-refractivity contribution in [2.45, 2.75) is 0 Å². The van der Waals surface area contributed by atoms with Gasteiger partial charge in [0.1, 0.15) is 23.1 Å². The van der Waals surface area contributed by atoms with E-state index in [4.69, 9.17) is 9.47 Å². The van der Waals surface area contributed by atoms with E-state index < -0.39 is 5.56 Å². The quantitative estimate of drug-likeness (QED) is 0.514. The van der Waals surface area contributed by atoms with Gasteiger partial charge in [0.2, 0.25) is 5.95 Å². The molecule has 0 radical (unpaired) electrons. The summed E-state index contributed by atoms with van der Waals surface area (Å²) in [6.45, 7) is 0. The van der Waals surface area contributed by atoms with E-state index in [-0.39, 0.29) is 17.2 Å². The Morgan fingerprint density at radius 1 is 1.14 bits per heavy atom. The first-order valence-corrected chi connectivity index (χ1v) is 8.66. The van der Waals surface area contributed by atoms with E-state index in [1.54, 1.807) is 44.7 Å². The topological polar surface area (TPSA) is 102 Å². The lowest BCUT2D eigenvalue weighted by molar-refractivity contribution is 0.414. The fourth-order valence-corrected chi connectivity index (χ4v) is 2.69. The second-order valence-corrected chi connectivity index (χ2v) is 5.98. The van der Waals surface area contributed by atoms with Crippen molar-refractivity contribution >= 4 is 12.2 Å². The summed E-state index contributed by atoms with van der Waals surface area (Å²) in [5, 5.41) is 13.6. The fraction of sp³-hybridized carbons (Fsp3) is 0.143. The number of aromatic nitrogens is 2. The van der Waals surface area contributed by atoms with Crippen molar-refractivity contribution in [1.82, 2.24) is 9.55 Å². The Labute approximate surface area is 167 Å². The van der Waals surface area contributed by atoms with Gasteiger partial charge in [-0.3, -0.25) is 9.36 Å². The van der Waals surface area contributed by atoms with Crippen LogP contribution in [-0.4, -0.2) is 30.0 Å². The highest BCUT2D eigenvalue weighted by atomic mass is 16.5. The van der Waals surface area contributed by atoms with Gasteiger partial charge in [-0.15, -0.1) is 0 Å². The van der Waals surface area contributed by atoms with Crippen LogP contribution in [0.2, 0.25) is 0 Å². The number of hydrazone groups is 1. The number of nitrogens with one attached hydrogen (secondary N) is 1. The van der Waals surface area contributed by atoms with Gasteiger partial charge in [0.15, 0.2) is 0 Å². The average molecular weight is 389 g/mol. The van der Waals surface area contributed by atoms with Crippen LogP contribution in [0.1, 0.15) is 11.1 Å². The highest BCUT2D eigenvalue weighted by Gasteiger charge is 2.16. The third kappa shape index (κ3) is 4.09. The van der Waals surface area contributed by atoms with Crippen molar-refractivity contribution < 1.29 is 9.47 Å². The molecule has 1 heterocycles. The Bertz CT molecular complexity index is 1140. The zero-order valence-electron chi connectivity index (χ0n) is 16.2. The Balaban J connectivity index is 1.99. The van der Waals surface area contributed by atoms with Crippen LogP contribution in [0.25, 0.3) is 11.3 Å². The lowest BCUT2D eigenvalue weighted by Gasteiger charge is -2.11. The number of hydrogen-bond acceptors (Lipinski definition) is 7.